The number of nitrogens with zero attached hydrogens (tertiary/aromatic N) is 2. The number of ether oxygens (including phenoxy) is 1. The van der Waals surface area contributed by atoms with Gasteiger partial charge in [0.25, 0.3) is 0 Å². The minimum Gasteiger partial charge on any atom is -0.497 e. The molecule has 0 N–H and O–H groups in total. The lowest BCUT2D eigenvalue weighted by Gasteiger charge is -2.26. The van der Waals surface area contributed by atoms with Crippen LogP contribution >= 0.6 is 0 Å². The number of hydrogen-bond acceptors (Lipinski definition) is 4. The second-order valence-corrected chi connectivity index (χ2v) is 7.42. The molecule has 0 aliphatic carbocycles. The third-order valence-corrected chi connectivity index (χ3v) is 5.62. The van der Waals surface area contributed by atoms with Crippen LogP contribution in [0.2, 0.25) is 0 Å². The first kappa shape index (κ1) is 19.1. The van der Waals surface area contributed by atoms with Gasteiger partial charge in [-0.3, -0.25) is 9.59 Å². The first-order chi connectivity index (χ1) is 14.0. The molecular formula is C23H24N2O4. The van der Waals surface area contributed by atoms with Gasteiger partial charge in [-0.2, -0.15) is 0 Å². The fraction of sp³-hybridized carbons (Fsp3) is 0.304. The number of benzene rings is 2. The van der Waals surface area contributed by atoms with Gasteiger partial charge in [0.2, 0.25) is 11.8 Å². The summed E-state index contributed by atoms with van der Waals surface area (Å²) in [6, 6.07) is 16.8. The molecule has 0 spiro atoms. The van der Waals surface area contributed by atoms with Crippen LogP contribution in [-0.4, -0.2) is 37.4 Å². The van der Waals surface area contributed by atoms with Crippen LogP contribution < -0.4 is 9.64 Å². The van der Waals surface area contributed by atoms with Crippen LogP contribution in [0.5, 0.6) is 5.75 Å². The molecule has 2 unspecified atom stereocenters. The molecule has 6 nitrogen and oxygen atoms in total. The molecule has 2 atom stereocenters. The van der Waals surface area contributed by atoms with Crippen molar-refractivity contribution < 1.29 is 18.7 Å². The van der Waals surface area contributed by atoms with E-state index in [0.717, 1.165) is 22.4 Å². The summed E-state index contributed by atoms with van der Waals surface area (Å²) < 4.78 is 11.2. The minimum atomic E-state index is -0.384. The lowest BCUT2D eigenvalue weighted by molar-refractivity contribution is -0.136. The van der Waals surface area contributed by atoms with E-state index in [4.69, 9.17) is 9.15 Å². The van der Waals surface area contributed by atoms with Crippen molar-refractivity contribution in [2.24, 2.45) is 5.92 Å². The number of rotatable bonds is 5. The number of carbonyl (C=O) groups is 2. The molecule has 1 aliphatic heterocycles. The largest absolute Gasteiger partial charge is 0.497 e. The second kappa shape index (κ2) is 7.62. The van der Waals surface area contributed by atoms with Gasteiger partial charge in [-0.25, -0.2) is 0 Å². The molecule has 1 aliphatic rings. The molecule has 2 amide bonds. The lowest BCUT2D eigenvalue weighted by Crippen LogP contribution is -2.36. The summed E-state index contributed by atoms with van der Waals surface area (Å²) in [7, 11) is 3.35. The molecule has 29 heavy (non-hydrogen) atoms. The maximum atomic E-state index is 13.1. The predicted octanol–water partition coefficient (Wildman–Crippen LogP) is 4.01. The van der Waals surface area contributed by atoms with Crippen molar-refractivity contribution in [3.63, 3.8) is 0 Å². The molecule has 150 valence electrons. The summed E-state index contributed by atoms with van der Waals surface area (Å²) >= 11 is 0. The molecule has 6 heteroatoms. The fourth-order valence-electron chi connectivity index (χ4n) is 3.78. The van der Waals surface area contributed by atoms with Gasteiger partial charge in [0.1, 0.15) is 17.1 Å². The van der Waals surface area contributed by atoms with E-state index in [1.807, 2.05) is 61.5 Å². The van der Waals surface area contributed by atoms with Crippen LogP contribution in [0.1, 0.15) is 25.1 Å². The van der Waals surface area contributed by atoms with Crippen molar-refractivity contribution in [3.05, 3.63) is 60.4 Å². The topological polar surface area (TPSA) is 63.0 Å². The van der Waals surface area contributed by atoms with Crippen LogP contribution in [0.4, 0.5) is 5.69 Å². The molecule has 3 aromatic rings. The van der Waals surface area contributed by atoms with Gasteiger partial charge in [0, 0.05) is 37.2 Å². The highest BCUT2D eigenvalue weighted by Gasteiger charge is 2.38. The van der Waals surface area contributed by atoms with Gasteiger partial charge in [0.15, 0.2) is 0 Å². The van der Waals surface area contributed by atoms with E-state index in [0.29, 0.717) is 12.3 Å². The van der Waals surface area contributed by atoms with Crippen LogP contribution in [-0.2, 0) is 9.59 Å². The summed E-state index contributed by atoms with van der Waals surface area (Å²) in [5.74, 6) is 0.917. The van der Waals surface area contributed by atoms with Crippen molar-refractivity contribution in [1.82, 2.24) is 4.90 Å². The van der Waals surface area contributed by atoms with E-state index >= 15 is 0 Å². The van der Waals surface area contributed by atoms with E-state index in [1.165, 1.54) is 0 Å². The van der Waals surface area contributed by atoms with E-state index < -0.39 is 0 Å². The summed E-state index contributed by atoms with van der Waals surface area (Å²) in [6.45, 7) is 2.30. The Balaban J connectivity index is 1.49. The average molecular weight is 392 g/mol. The molecule has 0 saturated carbocycles. The number of methoxy groups -OCH3 is 1. The molecule has 2 heterocycles. The van der Waals surface area contributed by atoms with Gasteiger partial charge in [-0.15, -0.1) is 0 Å². The maximum absolute atomic E-state index is 13.1. The molecule has 0 radical (unpaired) electrons. The number of furan rings is 1. The molecule has 4 rings (SSSR count). The number of amides is 2. The minimum absolute atomic E-state index is 0.0543. The van der Waals surface area contributed by atoms with Gasteiger partial charge >= 0.3 is 0 Å². The number of anilines is 1. The standard InChI is InChI=1S/C23H24N2O4/c1-15(21-11-16-7-4-5-10-20(16)29-21)24(2)23(27)17-12-22(26)25(14-17)18-8-6-9-19(13-18)28-3/h4-11,13,15,17H,12,14H2,1-3H3. The summed E-state index contributed by atoms with van der Waals surface area (Å²) in [6.07, 6.45) is 0.202. The van der Waals surface area contributed by atoms with Crippen molar-refractivity contribution >= 4 is 28.5 Å². The zero-order chi connectivity index (χ0) is 20.5. The lowest BCUT2D eigenvalue weighted by atomic mass is 10.1. The zero-order valence-electron chi connectivity index (χ0n) is 16.8. The highest BCUT2D eigenvalue weighted by Crippen LogP contribution is 2.31. The van der Waals surface area contributed by atoms with Crippen molar-refractivity contribution in [2.45, 2.75) is 19.4 Å². The van der Waals surface area contributed by atoms with E-state index in [9.17, 15) is 9.59 Å². The van der Waals surface area contributed by atoms with Crippen molar-refractivity contribution in [2.75, 3.05) is 25.6 Å². The van der Waals surface area contributed by atoms with Crippen LogP contribution in [0.3, 0.4) is 0 Å². The van der Waals surface area contributed by atoms with E-state index in [2.05, 4.69) is 0 Å². The SMILES string of the molecule is COc1cccc(N2CC(C(=O)N(C)C(C)c3cc4ccccc4o3)CC2=O)c1. The van der Waals surface area contributed by atoms with Crippen molar-refractivity contribution in [1.29, 1.82) is 0 Å². The first-order valence-electron chi connectivity index (χ1n) is 9.67. The monoisotopic (exact) mass is 392 g/mol. The highest BCUT2D eigenvalue weighted by molar-refractivity contribution is 6.00. The summed E-state index contributed by atoms with van der Waals surface area (Å²) in [5.41, 5.74) is 1.55. The predicted molar refractivity (Wildman–Crippen MR) is 111 cm³/mol. The summed E-state index contributed by atoms with van der Waals surface area (Å²) in [5, 5.41) is 1.01. The molecular weight excluding hydrogens is 368 g/mol. The Bertz CT molecular complexity index is 1020. The Morgan fingerprint density at radius 2 is 2.00 bits per heavy atom. The Hall–Kier alpha value is -3.28. The van der Waals surface area contributed by atoms with Crippen LogP contribution in [0.15, 0.2) is 59.0 Å². The van der Waals surface area contributed by atoms with E-state index in [-0.39, 0.29) is 30.2 Å². The smallest absolute Gasteiger partial charge is 0.228 e. The highest BCUT2D eigenvalue weighted by atomic mass is 16.5. The number of hydrogen-bond donors (Lipinski definition) is 0. The maximum Gasteiger partial charge on any atom is 0.228 e. The van der Waals surface area contributed by atoms with Gasteiger partial charge in [-0.05, 0) is 31.2 Å². The number of fused-ring (bicyclic) bond motifs is 1. The molecule has 1 fully saturated rings. The normalized spacial score (nSPS) is 17.6. The van der Waals surface area contributed by atoms with Gasteiger partial charge in [0.05, 0.1) is 19.1 Å². The molecule has 1 saturated heterocycles. The quantitative estimate of drug-likeness (QED) is 0.658. The Kier molecular flexibility index (Phi) is 5.01. The number of carbonyl (C=O) groups excluding carboxylic acids is 2. The average Bonchev–Trinajstić information content (AvgIpc) is 3.35. The molecule has 2 aromatic carbocycles. The third kappa shape index (κ3) is 3.58. The second-order valence-electron chi connectivity index (χ2n) is 7.42. The Labute approximate surface area is 169 Å². The zero-order valence-corrected chi connectivity index (χ0v) is 16.8. The Morgan fingerprint density at radius 1 is 1.21 bits per heavy atom. The molecule has 0 bridgehead atoms. The van der Waals surface area contributed by atoms with Crippen LogP contribution in [0, 0.1) is 5.92 Å². The third-order valence-electron chi connectivity index (χ3n) is 5.62. The van der Waals surface area contributed by atoms with Gasteiger partial charge < -0.3 is 19.0 Å². The molecule has 1 aromatic heterocycles. The Morgan fingerprint density at radius 3 is 2.76 bits per heavy atom. The van der Waals surface area contributed by atoms with Crippen molar-refractivity contribution in [3.8, 4) is 5.75 Å². The fourth-order valence-corrected chi connectivity index (χ4v) is 3.78. The van der Waals surface area contributed by atoms with Crippen LogP contribution in [0.25, 0.3) is 11.0 Å². The first-order valence-corrected chi connectivity index (χ1v) is 9.67. The number of para-hydroxylation sites is 1. The summed E-state index contributed by atoms with van der Waals surface area (Å²) in [4.78, 5) is 29.0. The van der Waals surface area contributed by atoms with Gasteiger partial charge in [-0.1, -0.05) is 24.3 Å². The van der Waals surface area contributed by atoms with E-state index in [1.54, 1.807) is 24.0 Å².